The number of halogens is 1. The normalized spacial score (nSPS) is 14.4. The number of fused-ring (bicyclic) bond motifs is 1. The van der Waals surface area contributed by atoms with E-state index < -0.39 is 0 Å². The van der Waals surface area contributed by atoms with E-state index in [1.54, 1.807) is 11.3 Å². The summed E-state index contributed by atoms with van der Waals surface area (Å²) in [4.78, 5) is 14.7. The highest BCUT2D eigenvalue weighted by atomic mass is 35.5. The predicted octanol–water partition coefficient (Wildman–Crippen LogP) is 2.81. The van der Waals surface area contributed by atoms with Crippen molar-refractivity contribution in [3.63, 3.8) is 0 Å². The number of aryl methyl sites for hydroxylation is 1. The van der Waals surface area contributed by atoms with Gasteiger partial charge in [0.05, 0.1) is 12.6 Å². The number of likely N-dealkylation sites (N-methyl/N-ethyl adjacent to an activating group) is 1. The minimum absolute atomic E-state index is 0.0605. The van der Waals surface area contributed by atoms with Crippen molar-refractivity contribution in [2.45, 2.75) is 32.2 Å². The third-order valence-corrected chi connectivity index (χ3v) is 5.84. The number of rotatable bonds is 5. The molecule has 1 aromatic heterocycles. The summed E-state index contributed by atoms with van der Waals surface area (Å²) in [5.41, 5.74) is 2.91. The maximum atomic E-state index is 12.4. The Morgan fingerprint density at radius 2 is 2.20 bits per heavy atom. The van der Waals surface area contributed by atoms with Gasteiger partial charge in [0.25, 0.3) is 5.91 Å². The van der Waals surface area contributed by atoms with Crippen LogP contribution in [0, 0.1) is 11.3 Å². The van der Waals surface area contributed by atoms with Crippen molar-refractivity contribution in [1.82, 2.24) is 0 Å². The molecule has 1 heterocycles. The van der Waals surface area contributed by atoms with Crippen LogP contribution >= 0.6 is 22.9 Å². The lowest BCUT2D eigenvalue weighted by Gasteiger charge is -2.13. The van der Waals surface area contributed by atoms with Gasteiger partial charge in [0.2, 0.25) is 0 Å². The standard InChI is InChI=1S/C19H20ClN3OS/c1-23(11-13-5-4-6-14(20)9-13)12-18(24)22-19-16(10-21)15-7-2-3-8-17(15)25-19/h4-6,9H,2-3,7-8,11-12H2,1H3,(H,22,24)/p+1. The van der Waals surface area contributed by atoms with E-state index in [0.29, 0.717) is 17.1 Å². The molecule has 1 aromatic carbocycles. The Labute approximate surface area is 157 Å². The first-order valence-electron chi connectivity index (χ1n) is 8.47. The number of amides is 1. The van der Waals surface area contributed by atoms with Gasteiger partial charge in [0.15, 0.2) is 6.54 Å². The molecule has 0 saturated carbocycles. The maximum absolute atomic E-state index is 12.4. The molecule has 6 heteroatoms. The van der Waals surface area contributed by atoms with Gasteiger partial charge >= 0.3 is 0 Å². The molecule has 1 aliphatic rings. The fraction of sp³-hybridized carbons (Fsp3) is 0.368. The lowest BCUT2D eigenvalue weighted by molar-refractivity contribution is -0.885. The Morgan fingerprint density at radius 1 is 1.40 bits per heavy atom. The number of anilines is 1. The fourth-order valence-corrected chi connectivity index (χ4v) is 4.74. The molecular formula is C19H21ClN3OS+. The van der Waals surface area contributed by atoms with Crippen molar-refractivity contribution in [2.75, 3.05) is 18.9 Å². The number of hydrogen-bond donors (Lipinski definition) is 2. The minimum Gasteiger partial charge on any atom is -0.326 e. The first-order chi connectivity index (χ1) is 12.1. The Hall–Kier alpha value is -1.87. The van der Waals surface area contributed by atoms with Crippen LogP contribution in [0.2, 0.25) is 5.02 Å². The van der Waals surface area contributed by atoms with Gasteiger partial charge in [-0.2, -0.15) is 5.26 Å². The van der Waals surface area contributed by atoms with Gasteiger partial charge in [0, 0.05) is 15.5 Å². The zero-order valence-corrected chi connectivity index (χ0v) is 15.8. The number of quaternary nitrogens is 1. The summed E-state index contributed by atoms with van der Waals surface area (Å²) in [6, 6.07) is 9.97. The molecule has 0 spiro atoms. The highest BCUT2D eigenvalue weighted by Gasteiger charge is 2.22. The molecule has 0 bridgehead atoms. The molecule has 1 amide bonds. The average molecular weight is 375 g/mol. The summed E-state index contributed by atoms with van der Waals surface area (Å²) in [5, 5.41) is 13.8. The molecule has 1 unspecified atom stereocenters. The van der Waals surface area contributed by atoms with E-state index >= 15 is 0 Å². The second kappa shape index (κ2) is 8.01. The Balaban J connectivity index is 1.63. The average Bonchev–Trinajstić information content (AvgIpc) is 2.91. The predicted molar refractivity (Wildman–Crippen MR) is 101 cm³/mol. The van der Waals surface area contributed by atoms with Crippen LogP contribution < -0.4 is 10.2 Å². The summed E-state index contributed by atoms with van der Waals surface area (Å²) in [5.74, 6) is -0.0605. The van der Waals surface area contributed by atoms with Crippen molar-refractivity contribution in [3.05, 3.63) is 50.9 Å². The van der Waals surface area contributed by atoms with E-state index in [1.807, 2.05) is 31.3 Å². The number of hydrogen-bond acceptors (Lipinski definition) is 3. The van der Waals surface area contributed by atoms with Crippen LogP contribution in [0.4, 0.5) is 5.00 Å². The van der Waals surface area contributed by atoms with Gasteiger partial charge in [-0.05, 0) is 43.4 Å². The van der Waals surface area contributed by atoms with Crippen LogP contribution in [-0.2, 0) is 24.2 Å². The minimum atomic E-state index is -0.0605. The topological polar surface area (TPSA) is 57.3 Å². The number of carbonyl (C=O) groups is 1. The number of nitrogens with one attached hydrogen (secondary N) is 2. The van der Waals surface area contributed by atoms with Gasteiger partial charge in [-0.3, -0.25) is 4.79 Å². The lowest BCUT2D eigenvalue weighted by atomic mass is 9.96. The first-order valence-corrected chi connectivity index (χ1v) is 9.66. The summed E-state index contributed by atoms with van der Waals surface area (Å²) < 4.78 is 0. The number of carbonyl (C=O) groups excluding carboxylic acids is 1. The van der Waals surface area contributed by atoms with E-state index in [-0.39, 0.29) is 5.91 Å². The van der Waals surface area contributed by atoms with E-state index in [0.717, 1.165) is 53.3 Å². The molecule has 2 aromatic rings. The third kappa shape index (κ3) is 4.40. The number of nitrogens with zero attached hydrogens (tertiary/aromatic N) is 1. The van der Waals surface area contributed by atoms with Crippen molar-refractivity contribution >= 4 is 33.8 Å². The summed E-state index contributed by atoms with van der Waals surface area (Å²) in [6.45, 7) is 1.07. The quantitative estimate of drug-likeness (QED) is 0.845. The molecule has 1 aliphatic carbocycles. The highest BCUT2D eigenvalue weighted by Crippen LogP contribution is 2.37. The second-order valence-electron chi connectivity index (χ2n) is 6.52. The molecule has 0 aliphatic heterocycles. The molecule has 1 atom stereocenters. The highest BCUT2D eigenvalue weighted by molar-refractivity contribution is 7.16. The molecular weight excluding hydrogens is 354 g/mol. The summed E-state index contributed by atoms with van der Waals surface area (Å²) in [7, 11) is 1.98. The SMILES string of the molecule is C[NH+](CC(=O)Nc1sc2c(c1C#N)CCCC2)Cc1cccc(Cl)c1. The number of benzene rings is 1. The first kappa shape index (κ1) is 17.9. The molecule has 3 rings (SSSR count). The van der Waals surface area contributed by atoms with Gasteiger partial charge in [-0.1, -0.05) is 23.7 Å². The molecule has 0 saturated heterocycles. The van der Waals surface area contributed by atoms with Crippen LogP contribution in [0.3, 0.4) is 0 Å². The number of nitriles is 1. The Kier molecular flexibility index (Phi) is 5.74. The van der Waals surface area contributed by atoms with Crippen molar-refractivity contribution < 1.29 is 9.69 Å². The van der Waals surface area contributed by atoms with Crippen LogP contribution in [0.15, 0.2) is 24.3 Å². The van der Waals surface area contributed by atoms with E-state index in [2.05, 4.69) is 11.4 Å². The summed E-state index contributed by atoms with van der Waals surface area (Å²) >= 11 is 7.57. The van der Waals surface area contributed by atoms with E-state index in [4.69, 9.17) is 11.6 Å². The lowest BCUT2D eigenvalue weighted by Crippen LogP contribution is -3.08. The van der Waals surface area contributed by atoms with Crippen LogP contribution in [0.5, 0.6) is 0 Å². The monoisotopic (exact) mass is 374 g/mol. The fourth-order valence-electron chi connectivity index (χ4n) is 3.28. The van der Waals surface area contributed by atoms with Crippen molar-refractivity contribution in [1.29, 1.82) is 5.26 Å². The summed E-state index contributed by atoms with van der Waals surface area (Å²) in [6.07, 6.45) is 4.26. The van der Waals surface area contributed by atoms with Crippen molar-refractivity contribution in [3.8, 4) is 6.07 Å². The zero-order valence-electron chi connectivity index (χ0n) is 14.2. The van der Waals surface area contributed by atoms with E-state index in [1.165, 1.54) is 4.88 Å². The van der Waals surface area contributed by atoms with Gasteiger partial charge in [0.1, 0.15) is 17.6 Å². The number of thiophene rings is 1. The molecule has 0 fully saturated rings. The largest absolute Gasteiger partial charge is 0.326 e. The Morgan fingerprint density at radius 3 is 2.96 bits per heavy atom. The van der Waals surface area contributed by atoms with Gasteiger partial charge in [-0.15, -0.1) is 11.3 Å². The van der Waals surface area contributed by atoms with Gasteiger partial charge < -0.3 is 10.2 Å². The molecule has 25 heavy (non-hydrogen) atoms. The zero-order chi connectivity index (χ0) is 17.8. The Bertz CT molecular complexity index is 825. The maximum Gasteiger partial charge on any atom is 0.280 e. The molecule has 2 N–H and O–H groups in total. The van der Waals surface area contributed by atoms with Crippen LogP contribution in [0.25, 0.3) is 0 Å². The third-order valence-electron chi connectivity index (χ3n) is 4.39. The molecule has 0 radical (unpaired) electrons. The van der Waals surface area contributed by atoms with Crippen LogP contribution in [-0.4, -0.2) is 19.5 Å². The van der Waals surface area contributed by atoms with Crippen LogP contribution in [0.1, 0.15) is 34.4 Å². The van der Waals surface area contributed by atoms with E-state index in [9.17, 15) is 10.1 Å². The molecule has 130 valence electrons. The smallest absolute Gasteiger partial charge is 0.280 e. The van der Waals surface area contributed by atoms with Gasteiger partial charge in [-0.25, -0.2) is 0 Å². The second-order valence-corrected chi connectivity index (χ2v) is 8.06. The van der Waals surface area contributed by atoms with Crippen molar-refractivity contribution in [2.24, 2.45) is 0 Å². The molecule has 4 nitrogen and oxygen atoms in total.